The highest BCUT2D eigenvalue weighted by Gasteiger charge is 2.44. The molecule has 1 saturated heterocycles. The molecule has 5 unspecified atom stereocenters. The molecule has 5 atom stereocenters. The quantitative estimate of drug-likeness (QED) is 0.779. The number of likely N-dealkylation sites (tertiary alicyclic amines) is 1. The topological polar surface area (TPSA) is 57.1 Å². The predicted molar refractivity (Wildman–Crippen MR) is 116 cm³/mol. The van der Waals surface area contributed by atoms with Crippen LogP contribution in [0.15, 0.2) is 28.8 Å². The van der Waals surface area contributed by atoms with Crippen molar-refractivity contribution in [3.8, 4) is 0 Å². The minimum Gasteiger partial charge on any atom is -0.483 e. The van der Waals surface area contributed by atoms with Crippen LogP contribution in [0, 0.1) is 17.8 Å². The Morgan fingerprint density at radius 2 is 1.96 bits per heavy atom. The van der Waals surface area contributed by atoms with Crippen molar-refractivity contribution in [2.24, 2.45) is 22.7 Å². The Labute approximate surface area is 170 Å². The van der Waals surface area contributed by atoms with Gasteiger partial charge in [-0.05, 0) is 63.5 Å². The van der Waals surface area contributed by atoms with Gasteiger partial charge in [0.2, 0.25) is 5.90 Å². The van der Waals surface area contributed by atoms with Gasteiger partial charge in [-0.15, -0.1) is 0 Å². The van der Waals surface area contributed by atoms with E-state index in [1.807, 2.05) is 13.8 Å². The fraction of sp³-hybridized carbons (Fsp3) is 0.783. The van der Waals surface area contributed by atoms with E-state index >= 15 is 0 Å². The van der Waals surface area contributed by atoms with Gasteiger partial charge in [0, 0.05) is 19.2 Å². The monoisotopic (exact) mass is 389 g/mol. The maximum absolute atomic E-state index is 9.15. The Bertz CT molecular complexity index is 593. The summed E-state index contributed by atoms with van der Waals surface area (Å²) in [4.78, 5) is 7.08. The molecule has 0 radical (unpaired) electrons. The first-order valence-electron chi connectivity index (χ1n) is 11.2. The van der Waals surface area contributed by atoms with E-state index in [1.165, 1.54) is 12.0 Å². The molecule has 2 N–H and O–H groups in total. The van der Waals surface area contributed by atoms with Crippen LogP contribution in [0.4, 0.5) is 0 Å². The second-order valence-electron chi connectivity index (χ2n) is 8.56. The minimum absolute atomic E-state index is 0.254. The molecular formula is C23H39N3O2. The number of allylic oxidation sites excluding steroid dienone is 4. The standard InChI is InChI=1S/C13H23N3O2.C8H10.C2H6/c1-18-13-12(14-10-6-11(10)15-13)7-16-4-2-9(8-17)3-5-16;1-6-2-3-7-5-8(7)4-6;1-2/h9-12,14,17H,2-8H2,1H3;2-4,7-8H,5H2,1H3;1-2H3. The lowest BCUT2D eigenvalue weighted by Crippen LogP contribution is -2.51. The summed E-state index contributed by atoms with van der Waals surface area (Å²) in [5.41, 5.74) is 1.45. The number of piperidine rings is 1. The number of rotatable bonds is 3. The molecule has 5 aliphatic rings. The summed E-state index contributed by atoms with van der Waals surface area (Å²) in [6.07, 6.45) is 11.7. The van der Waals surface area contributed by atoms with Gasteiger partial charge in [0.25, 0.3) is 0 Å². The number of nitrogens with one attached hydrogen (secondary N) is 1. The fourth-order valence-corrected chi connectivity index (χ4v) is 4.34. The first-order chi connectivity index (χ1) is 13.7. The van der Waals surface area contributed by atoms with Crippen molar-refractivity contribution in [3.63, 3.8) is 0 Å². The largest absolute Gasteiger partial charge is 0.483 e. The van der Waals surface area contributed by atoms with Gasteiger partial charge in [-0.25, -0.2) is 4.99 Å². The van der Waals surface area contributed by atoms with E-state index in [4.69, 9.17) is 9.84 Å². The van der Waals surface area contributed by atoms with Crippen LogP contribution < -0.4 is 5.32 Å². The van der Waals surface area contributed by atoms with Crippen molar-refractivity contribution < 1.29 is 9.84 Å². The number of hydrogen-bond donors (Lipinski definition) is 2. The third kappa shape index (κ3) is 5.68. The summed E-state index contributed by atoms with van der Waals surface area (Å²) < 4.78 is 5.41. The molecule has 0 aromatic carbocycles. The first-order valence-corrected chi connectivity index (χ1v) is 11.2. The van der Waals surface area contributed by atoms with E-state index in [0.29, 0.717) is 24.6 Å². The average molecular weight is 390 g/mol. The van der Waals surface area contributed by atoms with E-state index in [0.717, 1.165) is 56.6 Å². The maximum atomic E-state index is 9.15. The van der Waals surface area contributed by atoms with Crippen LogP contribution in [-0.2, 0) is 4.74 Å². The second-order valence-corrected chi connectivity index (χ2v) is 8.56. The van der Waals surface area contributed by atoms with Gasteiger partial charge in [0.15, 0.2) is 0 Å². The number of aliphatic imine (C=N–C) groups is 1. The summed E-state index contributed by atoms with van der Waals surface area (Å²) in [5, 5.41) is 12.8. The first kappa shape index (κ1) is 21.5. The van der Waals surface area contributed by atoms with Crippen LogP contribution in [0.1, 0.15) is 46.5 Å². The van der Waals surface area contributed by atoms with E-state index in [9.17, 15) is 0 Å². The molecule has 0 aromatic heterocycles. The molecule has 0 amide bonds. The minimum atomic E-state index is 0.254. The van der Waals surface area contributed by atoms with Gasteiger partial charge in [-0.2, -0.15) is 0 Å². The summed E-state index contributed by atoms with van der Waals surface area (Å²) in [5.74, 6) is 3.24. The van der Waals surface area contributed by atoms with Crippen LogP contribution in [-0.4, -0.2) is 67.4 Å². The summed E-state index contributed by atoms with van der Waals surface area (Å²) in [6, 6.07) is 1.31. The predicted octanol–water partition coefficient (Wildman–Crippen LogP) is 3.01. The van der Waals surface area contributed by atoms with E-state index in [1.54, 1.807) is 7.11 Å². The highest BCUT2D eigenvalue weighted by molar-refractivity contribution is 5.83. The number of aliphatic hydroxyl groups is 1. The highest BCUT2D eigenvalue weighted by Crippen LogP contribution is 2.44. The van der Waals surface area contributed by atoms with Gasteiger partial charge in [0.1, 0.15) is 0 Å². The third-order valence-corrected chi connectivity index (χ3v) is 6.35. The van der Waals surface area contributed by atoms with Gasteiger partial charge >= 0.3 is 0 Å². The molecule has 2 saturated carbocycles. The zero-order valence-electron chi connectivity index (χ0n) is 18.1. The van der Waals surface area contributed by atoms with Crippen LogP contribution >= 0.6 is 0 Å². The van der Waals surface area contributed by atoms with Crippen molar-refractivity contribution in [3.05, 3.63) is 23.8 Å². The Morgan fingerprint density at radius 3 is 2.57 bits per heavy atom. The molecule has 5 heteroatoms. The number of fused-ring (bicyclic) bond motifs is 2. The number of ether oxygens (including phenoxy) is 1. The molecule has 158 valence electrons. The van der Waals surface area contributed by atoms with Crippen molar-refractivity contribution in [2.75, 3.05) is 33.4 Å². The zero-order chi connectivity index (χ0) is 20.1. The van der Waals surface area contributed by atoms with Gasteiger partial charge in [-0.3, -0.25) is 5.32 Å². The summed E-state index contributed by atoms with van der Waals surface area (Å²) >= 11 is 0. The molecule has 5 nitrogen and oxygen atoms in total. The molecule has 2 aliphatic heterocycles. The summed E-state index contributed by atoms with van der Waals surface area (Å²) in [6.45, 7) is 9.64. The fourth-order valence-electron chi connectivity index (χ4n) is 4.34. The molecular weight excluding hydrogens is 350 g/mol. The maximum Gasteiger partial charge on any atom is 0.202 e. The normalized spacial score (nSPS) is 35.7. The van der Waals surface area contributed by atoms with Gasteiger partial charge in [0.05, 0.1) is 19.2 Å². The second kappa shape index (κ2) is 10.0. The molecule has 0 spiro atoms. The number of methoxy groups -OCH3 is 1. The van der Waals surface area contributed by atoms with E-state index in [2.05, 4.69) is 40.4 Å². The Morgan fingerprint density at radius 1 is 1.21 bits per heavy atom. The van der Waals surface area contributed by atoms with Crippen LogP contribution in [0.2, 0.25) is 0 Å². The SMILES string of the molecule is CC.CC1=CC2CC2C=C1.COC1=NC2CC2NC1CN1CCC(CO)CC1. The smallest absolute Gasteiger partial charge is 0.202 e. The van der Waals surface area contributed by atoms with Crippen molar-refractivity contribution in [1.29, 1.82) is 0 Å². The lowest BCUT2D eigenvalue weighted by atomic mass is 9.97. The third-order valence-electron chi connectivity index (χ3n) is 6.35. The average Bonchev–Trinajstić information content (AvgIpc) is 3.65. The number of hydrogen-bond acceptors (Lipinski definition) is 5. The van der Waals surface area contributed by atoms with Crippen molar-refractivity contribution in [2.45, 2.75) is 64.6 Å². The molecule has 0 aromatic rings. The van der Waals surface area contributed by atoms with Crippen LogP contribution in [0.3, 0.4) is 0 Å². The molecule has 28 heavy (non-hydrogen) atoms. The highest BCUT2D eigenvalue weighted by atomic mass is 16.5. The van der Waals surface area contributed by atoms with Gasteiger partial charge < -0.3 is 14.7 Å². The number of nitrogens with zero attached hydrogens (tertiary/aromatic N) is 2. The Hall–Kier alpha value is -1.17. The molecule has 2 heterocycles. The van der Waals surface area contributed by atoms with Crippen LogP contribution in [0.25, 0.3) is 0 Å². The lowest BCUT2D eigenvalue weighted by Gasteiger charge is -2.34. The molecule has 0 bridgehead atoms. The molecule has 3 fully saturated rings. The Balaban J connectivity index is 0.000000187. The van der Waals surface area contributed by atoms with E-state index in [-0.39, 0.29) is 6.04 Å². The zero-order valence-corrected chi connectivity index (χ0v) is 18.1. The number of aliphatic hydroxyl groups excluding tert-OH is 1. The van der Waals surface area contributed by atoms with Crippen molar-refractivity contribution >= 4 is 5.90 Å². The van der Waals surface area contributed by atoms with Crippen LogP contribution in [0.5, 0.6) is 0 Å². The Kier molecular flexibility index (Phi) is 7.72. The van der Waals surface area contributed by atoms with Gasteiger partial charge in [-0.1, -0.05) is 37.6 Å². The molecule has 3 aliphatic carbocycles. The van der Waals surface area contributed by atoms with Crippen molar-refractivity contribution in [1.82, 2.24) is 10.2 Å². The summed E-state index contributed by atoms with van der Waals surface area (Å²) in [7, 11) is 1.72. The lowest BCUT2D eigenvalue weighted by molar-refractivity contribution is 0.126. The molecule has 5 rings (SSSR count). The van der Waals surface area contributed by atoms with E-state index < -0.39 is 0 Å².